The summed E-state index contributed by atoms with van der Waals surface area (Å²) in [7, 11) is 0. The summed E-state index contributed by atoms with van der Waals surface area (Å²) >= 11 is 0. The lowest BCUT2D eigenvalue weighted by Crippen LogP contribution is -2.47. The number of nitrogens with zero attached hydrogens (tertiary/aromatic N) is 1. The van der Waals surface area contributed by atoms with Crippen molar-refractivity contribution in [2.45, 2.75) is 57.0 Å². The molecular weight excluding hydrogens is 322 g/mol. The highest BCUT2D eigenvalue weighted by molar-refractivity contribution is 5.97. The van der Waals surface area contributed by atoms with Crippen LogP contribution < -0.4 is 4.74 Å². The molecule has 0 aromatic heterocycles. The van der Waals surface area contributed by atoms with Gasteiger partial charge in [0.2, 0.25) is 0 Å². The van der Waals surface area contributed by atoms with Crippen LogP contribution in [0.3, 0.4) is 0 Å². The predicted molar refractivity (Wildman–Crippen MR) is 102 cm³/mol. The third-order valence-electron chi connectivity index (χ3n) is 6.30. The van der Waals surface area contributed by atoms with Crippen LogP contribution in [0.2, 0.25) is 0 Å². The van der Waals surface area contributed by atoms with Gasteiger partial charge in [-0.1, -0.05) is 43.5 Å². The van der Waals surface area contributed by atoms with E-state index in [1.165, 1.54) is 36.0 Å². The van der Waals surface area contributed by atoms with E-state index in [9.17, 15) is 4.79 Å². The summed E-state index contributed by atoms with van der Waals surface area (Å²) in [6, 6.07) is 15.2. The molecule has 5 rings (SSSR count). The average Bonchev–Trinajstić information content (AvgIpc) is 3.16. The molecule has 1 atom stereocenters. The molecule has 1 saturated carbocycles. The normalized spacial score (nSPS) is 22.7. The summed E-state index contributed by atoms with van der Waals surface area (Å²) in [4.78, 5) is 15.7. The molecule has 2 aromatic carbocycles. The highest BCUT2D eigenvalue weighted by atomic mass is 16.5. The summed E-state index contributed by atoms with van der Waals surface area (Å²) in [6.07, 6.45) is 7.94. The van der Waals surface area contributed by atoms with Crippen LogP contribution in [0.25, 0.3) is 0 Å². The number of amides is 1. The Morgan fingerprint density at radius 2 is 1.81 bits per heavy atom. The standard InChI is InChI=1S/C23H25NO2/c25-23-20-9-5-4-6-16(20)15-21(24(23)19-7-2-1-3-8-19)17-10-11-22-18(14-17)12-13-26-22/h4-6,9-11,14,19,21H,1-3,7-8,12-13,15H2. The van der Waals surface area contributed by atoms with Gasteiger partial charge >= 0.3 is 0 Å². The molecule has 3 aliphatic rings. The molecule has 3 nitrogen and oxygen atoms in total. The second kappa shape index (κ2) is 6.46. The van der Waals surface area contributed by atoms with E-state index in [1.54, 1.807) is 0 Å². The zero-order valence-electron chi connectivity index (χ0n) is 15.1. The monoisotopic (exact) mass is 347 g/mol. The van der Waals surface area contributed by atoms with Gasteiger partial charge in [-0.25, -0.2) is 0 Å². The molecule has 0 saturated heterocycles. The lowest BCUT2D eigenvalue weighted by atomic mass is 9.84. The van der Waals surface area contributed by atoms with E-state index in [0.29, 0.717) is 6.04 Å². The van der Waals surface area contributed by atoms with Crippen molar-refractivity contribution in [3.8, 4) is 5.75 Å². The third kappa shape index (κ3) is 2.61. The van der Waals surface area contributed by atoms with Crippen LogP contribution in [0, 0.1) is 0 Å². The van der Waals surface area contributed by atoms with Crippen molar-refractivity contribution in [3.05, 3.63) is 64.7 Å². The second-order valence-electron chi connectivity index (χ2n) is 7.85. The third-order valence-corrected chi connectivity index (χ3v) is 6.30. The topological polar surface area (TPSA) is 29.5 Å². The van der Waals surface area contributed by atoms with Crippen LogP contribution in [0.4, 0.5) is 0 Å². The van der Waals surface area contributed by atoms with Crippen LogP contribution in [-0.2, 0) is 12.8 Å². The molecule has 26 heavy (non-hydrogen) atoms. The minimum Gasteiger partial charge on any atom is -0.493 e. The second-order valence-corrected chi connectivity index (χ2v) is 7.85. The van der Waals surface area contributed by atoms with E-state index in [1.807, 2.05) is 12.1 Å². The fourth-order valence-corrected chi connectivity index (χ4v) is 4.97. The summed E-state index contributed by atoms with van der Waals surface area (Å²) in [5, 5.41) is 0. The Hall–Kier alpha value is -2.29. The zero-order valence-corrected chi connectivity index (χ0v) is 15.1. The Kier molecular flexibility index (Phi) is 3.96. The summed E-state index contributed by atoms with van der Waals surface area (Å²) in [5.74, 6) is 1.24. The van der Waals surface area contributed by atoms with Crippen LogP contribution in [0.1, 0.15) is 65.2 Å². The van der Waals surface area contributed by atoms with Crippen molar-refractivity contribution in [2.75, 3.05) is 6.61 Å². The number of ether oxygens (including phenoxy) is 1. The highest BCUT2D eigenvalue weighted by Gasteiger charge is 2.38. The number of hydrogen-bond acceptors (Lipinski definition) is 2. The predicted octanol–water partition coefficient (Wildman–Crippen LogP) is 4.69. The van der Waals surface area contributed by atoms with Crippen molar-refractivity contribution < 1.29 is 9.53 Å². The molecule has 134 valence electrons. The van der Waals surface area contributed by atoms with Gasteiger partial charge in [0.1, 0.15) is 5.75 Å². The highest BCUT2D eigenvalue weighted by Crippen LogP contribution is 2.39. The average molecular weight is 347 g/mol. The molecule has 2 aromatic rings. The van der Waals surface area contributed by atoms with Gasteiger partial charge in [-0.05, 0) is 54.2 Å². The zero-order chi connectivity index (χ0) is 17.5. The fourth-order valence-electron chi connectivity index (χ4n) is 4.97. The van der Waals surface area contributed by atoms with E-state index in [4.69, 9.17) is 4.74 Å². The number of carbonyl (C=O) groups excluding carboxylic acids is 1. The minimum absolute atomic E-state index is 0.145. The van der Waals surface area contributed by atoms with E-state index in [-0.39, 0.29) is 11.9 Å². The summed E-state index contributed by atoms with van der Waals surface area (Å²) in [5.41, 5.74) is 4.64. The van der Waals surface area contributed by atoms with Crippen molar-refractivity contribution in [1.29, 1.82) is 0 Å². The van der Waals surface area contributed by atoms with Crippen molar-refractivity contribution in [1.82, 2.24) is 4.90 Å². The maximum absolute atomic E-state index is 13.4. The Balaban J connectivity index is 1.57. The van der Waals surface area contributed by atoms with Gasteiger partial charge in [-0.3, -0.25) is 4.79 Å². The van der Waals surface area contributed by atoms with Gasteiger partial charge in [0.05, 0.1) is 12.6 Å². The Morgan fingerprint density at radius 1 is 0.962 bits per heavy atom. The van der Waals surface area contributed by atoms with E-state index < -0.39 is 0 Å². The molecule has 1 fully saturated rings. The lowest BCUT2D eigenvalue weighted by molar-refractivity contribution is 0.0473. The Labute approximate surface area is 155 Å². The first kappa shape index (κ1) is 15.9. The minimum atomic E-state index is 0.145. The number of fused-ring (bicyclic) bond motifs is 2. The van der Waals surface area contributed by atoms with Crippen LogP contribution >= 0.6 is 0 Å². The van der Waals surface area contributed by atoms with Crippen molar-refractivity contribution in [2.24, 2.45) is 0 Å². The smallest absolute Gasteiger partial charge is 0.254 e. The van der Waals surface area contributed by atoms with Gasteiger partial charge in [0, 0.05) is 18.0 Å². The van der Waals surface area contributed by atoms with Crippen LogP contribution in [0.15, 0.2) is 42.5 Å². The van der Waals surface area contributed by atoms with Gasteiger partial charge in [-0.2, -0.15) is 0 Å². The van der Waals surface area contributed by atoms with Crippen molar-refractivity contribution >= 4 is 5.91 Å². The Bertz CT molecular complexity index is 838. The largest absolute Gasteiger partial charge is 0.493 e. The quantitative estimate of drug-likeness (QED) is 0.788. The summed E-state index contributed by atoms with van der Waals surface area (Å²) in [6.45, 7) is 0.775. The SMILES string of the molecule is O=C1c2ccccc2CC(c2ccc3c(c2)CCO3)N1C1CCCCC1. The maximum Gasteiger partial charge on any atom is 0.254 e. The Morgan fingerprint density at radius 3 is 2.69 bits per heavy atom. The van der Waals surface area contributed by atoms with Gasteiger partial charge in [0.15, 0.2) is 0 Å². The van der Waals surface area contributed by atoms with Crippen molar-refractivity contribution in [3.63, 3.8) is 0 Å². The number of carbonyl (C=O) groups is 1. The molecule has 0 N–H and O–H groups in total. The first-order valence-electron chi connectivity index (χ1n) is 9.97. The molecule has 0 bridgehead atoms. The molecule has 1 aliphatic carbocycles. The number of benzene rings is 2. The first-order chi connectivity index (χ1) is 12.8. The van der Waals surface area contributed by atoms with E-state index in [0.717, 1.165) is 43.6 Å². The maximum atomic E-state index is 13.4. The summed E-state index contributed by atoms with van der Waals surface area (Å²) < 4.78 is 5.68. The van der Waals surface area contributed by atoms with E-state index in [2.05, 4.69) is 35.2 Å². The number of rotatable bonds is 2. The van der Waals surface area contributed by atoms with Gasteiger partial charge < -0.3 is 9.64 Å². The molecule has 3 heteroatoms. The molecule has 2 aliphatic heterocycles. The van der Waals surface area contributed by atoms with Crippen LogP contribution in [-0.4, -0.2) is 23.5 Å². The number of hydrogen-bond donors (Lipinski definition) is 0. The first-order valence-corrected chi connectivity index (χ1v) is 9.97. The molecule has 1 amide bonds. The fraction of sp³-hybridized carbons (Fsp3) is 0.435. The molecular formula is C23H25NO2. The molecule has 2 heterocycles. The molecule has 1 unspecified atom stereocenters. The van der Waals surface area contributed by atoms with Crippen LogP contribution in [0.5, 0.6) is 5.75 Å². The van der Waals surface area contributed by atoms with Gasteiger partial charge in [-0.15, -0.1) is 0 Å². The lowest BCUT2D eigenvalue weighted by Gasteiger charge is -2.43. The molecule has 0 radical (unpaired) electrons. The van der Waals surface area contributed by atoms with E-state index >= 15 is 0 Å². The van der Waals surface area contributed by atoms with Gasteiger partial charge in [0.25, 0.3) is 5.91 Å². The molecule has 0 spiro atoms.